The number of nitrogens with zero attached hydrogens (tertiary/aromatic N) is 2. The summed E-state index contributed by atoms with van der Waals surface area (Å²) in [6, 6.07) is 9.62. The van der Waals surface area contributed by atoms with E-state index in [-0.39, 0.29) is 10.6 Å². The highest BCUT2D eigenvalue weighted by atomic mass is 32.2. The molecule has 3 aromatic rings. The highest BCUT2D eigenvalue weighted by Gasteiger charge is 2.17. The van der Waals surface area contributed by atoms with Gasteiger partial charge < -0.3 is 14.0 Å². The molecule has 0 radical (unpaired) electrons. The molecule has 0 unspecified atom stereocenters. The molecule has 0 saturated carbocycles. The first-order chi connectivity index (χ1) is 14.4. The molecule has 0 bridgehead atoms. The second-order valence-corrected chi connectivity index (χ2v) is 9.88. The Bertz CT molecular complexity index is 1300. The summed E-state index contributed by atoms with van der Waals surface area (Å²) in [5, 5.41) is 0. The fourth-order valence-electron chi connectivity index (χ4n) is 3.12. The van der Waals surface area contributed by atoms with Crippen LogP contribution in [0, 0.1) is 0 Å². The molecule has 0 N–H and O–H groups in total. The van der Waals surface area contributed by atoms with Crippen LogP contribution < -0.4 is 14.3 Å². The number of carbonyl (C=O) groups is 1. The maximum Gasteiger partial charge on any atom is 0.279 e. The van der Waals surface area contributed by atoms with Crippen molar-refractivity contribution in [3.05, 3.63) is 59.4 Å². The lowest BCUT2D eigenvalue weighted by Gasteiger charge is -2.18. The summed E-state index contributed by atoms with van der Waals surface area (Å²) in [5.74, 6) is 0.893. The summed E-state index contributed by atoms with van der Waals surface area (Å²) in [6.45, 7) is 6.83. The van der Waals surface area contributed by atoms with E-state index >= 15 is 0 Å². The minimum absolute atomic E-state index is 0.00537. The van der Waals surface area contributed by atoms with Crippen LogP contribution in [0.4, 0.5) is 0 Å². The summed E-state index contributed by atoms with van der Waals surface area (Å²) in [7, 11) is -3.32. The number of hydrogen-bond acceptors (Lipinski definition) is 6. The maximum atomic E-state index is 12.7. The molecule has 9 heteroatoms. The number of benzene rings is 2. The second kappa shape index (κ2) is 8.08. The van der Waals surface area contributed by atoms with Crippen molar-refractivity contribution in [1.82, 2.24) is 4.57 Å². The molecule has 30 heavy (non-hydrogen) atoms. The van der Waals surface area contributed by atoms with Crippen molar-refractivity contribution in [3.63, 3.8) is 0 Å². The molecule has 1 aliphatic heterocycles. The highest BCUT2D eigenvalue weighted by Crippen LogP contribution is 2.35. The number of amides is 1. The maximum absolute atomic E-state index is 12.7. The average molecular weight is 445 g/mol. The van der Waals surface area contributed by atoms with Gasteiger partial charge in [-0.3, -0.25) is 4.79 Å². The molecule has 0 aliphatic carbocycles. The summed E-state index contributed by atoms with van der Waals surface area (Å²) >= 11 is 1.37. The third-order valence-electron chi connectivity index (χ3n) is 4.70. The monoisotopic (exact) mass is 444 g/mol. The van der Waals surface area contributed by atoms with Gasteiger partial charge in [-0.15, -0.1) is 6.58 Å². The molecule has 7 nitrogen and oxygen atoms in total. The van der Waals surface area contributed by atoms with Crippen molar-refractivity contribution < 1.29 is 22.7 Å². The Morgan fingerprint density at radius 2 is 1.87 bits per heavy atom. The first-order valence-electron chi connectivity index (χ1n) is 9.38. The molecular formula is C21H20N2O5S2. The van der Waals surface area contributed by atoms with Crippen molar-refractivity contribution in [2.24, 2.45) is 4.99 Å². The van der Waals surface area contributed by atoms with Gasteiger partial charge in [0.05, 0.1) is 20.9 Å². The van der Waals surface area contributed by atoms with Crippen LogP contribution in [0.3, 0.4) is 0 Å². The second-order valence-electron chi connectivity index (χ2n) is 6.59. The number of fused-ring (bicyclic) bond motifs is 2. The van der Waals surface area contributed by atoms with Gasteiger partial charge in [0.15, 0.2) is 26.1 Å². The summed E-state index contributed by atoms with van der Waals surface area (Å²) in [5.41, 5.74) is 1.19. The zero-order valence-corrected chi connectivity index (χ0v) is 18.0. The van der Waals surface area contributed by atoms with Crippen LogP contribution in [-0.2, 0) is 16.4 Å². The Labute approximate surface area is 177 Å². The number of rotatable bonds is 5. The van der Waals surface area contributed by atoms with Gasteiger partial charge in [0.25, 0.3) is 5.91 Å². The Morgan fingerprint density at radius 3 is 2.50 bits per heavy atom. The molecule has 4 rings (SSSR count). The lowest BCUT2D eigenvalue weighted by molar-refractivity contribution is 0.0998. The quantitative estimate of drug-likeness (QED) is 0.564. The Balaban J connectivity index is 1.76. The third kappa shape index (κ3) is 3.78. The summed E-state index contributed by atoms with van der Waals surface area (Å²) in [4.78, 5) is 17.7. The smallest absolute Gasteiger partial charge is 0.279 e. The van der Waals surface area contributed by atoms with E-state index in [1.54, 1.807) is 13.0 Å². The lowest BCUT2D eigenvalue weighted by Crippen LogP contribution is -2.17. The number of hydrogen-bond donors (Lipinski definition) is 0. The molecular weight excluding hydrogens is 424 g/mol. The normalized spacial score (nSPS) is 14.1. The van der Waals surface area contributed by atoms with Crippen molar-refractivity contribution in [3.8, 4) is 11.5 Å². The summed E-state index contributed by atoms with van der Waals surface area (Å²) < 4.78 is 38.0. The molecule has 156 valence electrons. The van der Waals surface area contributed by atoms with Crippen LogP contribution in [-0.4, -0.2) is 37.9 Å². The number of allylic oxidation sites excluding steroid dienone is 1. The predicted octanol–water partition coefficient (Wildman–Crippen LogP) is 3.19. The Kier molecular flexibility index (Phi) is 5.48. The summed E-state index contributed by atoms with van der Waals surface area (Å²) in [6.07, 6.45) is 1.73. The Hall–Kier alpha value is -2.91. The number of carbonyl (C=O) groups excluding carboxylic acids is 1. The number of thiazole rings is 1. The number of ether oxygens (including phenoxy) is 2. The van der Waals surface area contributed by atoms with Gasteiger partial charge in [0.1, 0.15) is 13.2 Å². The van der Waals surface area contributed by atoms with Gasteiger partial charge >= 0.3 is 0 Å². The highest BCUT2D eigenvalue weighted by molar-refractivity contribution is 7.91. The van der Waals surface area contributed by atoms with Gasteiger partial charge in [0.2, 0.25) is 0 Å². The molecule has 2 aromatic carbocycles. The molecule has 0 spiro atoms. The fraction of sp³-hybridized carbons (Fsp3) is 0.238. The van der Waals surface area contributed by atoms with Crippen LogP contribution in [0.2, 0.25) is 0 Å². The van der Waals surface area contributed by atoms with Crippen LogP contribution in [0.5, 0.6) is 11.5 Å². The van der Waals surface area contributed by atoms with E-state index < -0.39 is 15.7 Å². The van der Waals surface area contributed by atoms with Gasteiger partial charge in [0, 0.05) is 24.2 Å². The fourth-order valence-corrected chi connectivity index (χ4v) is 5.05. The molecule has 0 fully saturated rings. The van der Waals surface area contributed by atoms with Crippen LogP contribution in [0.1, 0.15) is 17.3 Å². The largest absolute Gasteiger partial charge is 0.486 e. The molecule has 0 saturated heterocycles. The van der Waals surface area contributed by atoms with Crippen LogP contribution in [0.15, 0.2) is 58.9 Å². The van der Waals surface area contributed by atoms with Crippen molar-refractivity contribution in [2.45, 2.75) is 18.4 Å². The van der Waals surface area contributed by atoms with Gasteiger partial charge in [-0.25, -0.2) is 8.42 Å². The van der Waals surface area contributed by atoms with Crippen LogP contribution in [0.25, 0.3) is 10.2 Å². The van der Waals surface area contributed by atoms with E-state index in [1.807, 2.05) is 16.7 Å². The first kappa shape index (κ1) is 20.4. The van der Waals surface area contributed by atoms with E-state index in [4.69, 9.17) is 9.47 Å². The molecule has 2 heterocycles. The number of sulfone groups is 1. The van der Waals surface area contributed by atoms with Crippen molar-refractivity contribution in [2.75, 3.05) is 19.0 Å². The molecule has 1 aliphatic rings. The van der Waals surface area contributed by atoms with Crippen molar-refractivity contribution >= 4 is 37.3 Å². The van der Waals surface area contributed by atoms with Crippen molar-refractivity contribution in [1.29, 1.82) is 0 Å². The first-order valence-corrected chi connectivity index (χ1v) is 11.9. The van der Waals surface area contributed by atoms with Gasteiger partial charge in [-0.05, 0) is 24.3 Å². The van der Waals surface area contributed by atoms with E-state index in [9.17, 15) is 13.2 Å². The van der Waals surface area contributed by atoms with Gasteiger partial charge in [-0.2, -0.15) is 4.99 Å². The van der Waals surface area contributed by atoms with Crippen LogP contribution >= 0.6 is 11.3 Å². The van der Waals surface area contributed by atoms with E-state index in [2.05, 4.69) is 11.6 Å². The standard InChI is InChI=1S/C21H20N2O5S2/c1-3-9-23-16-12-17-18(28-11-10-27-17)13-19(16)29-21(23)22-20(24)14-5-7-15(8-6-14)30(25,26)4-2/h3,5-8,12-13H,1,4,9-11H2,2H3. The zero-order valence-electron chi connectivity index (χ0n) is 16.3. The Morgan fingerprint density at radius 1 is 1.20 bits per heavy atom. The number of aromatic nitrogens is 1. The third-order valence-corrected chi connectivity index (χ3v) is 7.49. The average Bonchev–Trinajstić information content (AvgIpc) is 3.08. The predicted molar refractivity (Wildman–Crippen MR) is 115 cm³/mol. The SMILES string of the molecule is C=CCn1c(=NC(=O)c2ccc(S(=O)(=O)CC)cc2)sc2cc3c(cc21)OCCO3. The lowest BCUT2D eigenvalue weighted by atomic mass is 10.2. The zero-order chi connectivity index (χ0) is 21.3. The molecule has 1 aromatic heterocycles. The molecule has 1 amide bonds. The van der Waals surface area contributed by atoms with E-state index in [0.717, 1.165) is 10.2 Å². The minimum atomic E-state index is -3.32. The minimum Gasteiger partial charge on any atom is -0.486 e. The van der Waals surface area contributed by atoms with E-state index in [0.29, 0.717) is 41.6 Å². The molecule has 0 atom stereocenters. The van der Waals surface area contributed by atoms with E-state index in [1.165, 1.54) is 35.6 Å². The topological polar surface area (TPSA) is 87.0 Å². The van der Waals surface area contributed by atoms with Gasteiger partial charge in [-0.1, -0.05) is 24.3 Å².